The third-order valence-electron chi connectivity index (χ3n) is 4.12. The first-order valence-electron chi connectivity index (χ1n) is 7.73. The lowest BCUT2D eigenvalue weighted by atomic mass is 9.78. The fraction of sp³-hybridized carbons (Fsp3) is 0.211. The number of esters is 1. The molecule has 0 bridgehead atoms. The Balaban J connectivity index is 1.88. The summed E-state index contributed by atoms with van der Waals surface area (Å²) >= 11 is 5.85. The molecule has 0 aliphatic carbocycles. The number of nitrogens with zero attached hydrogens (tertiary/aromatic N) is 2. The summed E-state index contributed by atoms with van der Waals surface area (Å²) in [6.45, 7) is 1.97. The Kier molecular flexibility index (Phi) is 5.37. The van der Waals surface area contributed by atoms with Gasteiger partial charge in [0.15, 0.2) is 0 Å². The largest absolute Gasteiger partial charge is 0.460 e. The maximum absolute atomic E-state index is 12.8. The van der Waals surface area contributed by atoms with E-state index in [1.165, 1.54) is 11.3 Å². The van der Waals surface area contributed by atoms with Crippen LogP contribution in [0.25, 0.3) is 0 Å². The molecule has 0 amide bonds. The molecular weight excluding hydrogens is 352 g/mol. The van der Waals surface area contributed by atoms with Crippen molar-refractivity contribution in [2.45, 2.75) is 19.4 Å². The van der Waals surface area contributed by atoms with Crippen LogP contribution in [0.3, 0.4) is 0 Å². The third-order valence-corrected chi connectivity index (χ3v) is 5.16. The van der Waals surface area contributed by atoms with Crippen molar-refractivity contribution in [1.29, 1.82) is 5.26 Å². The first kappa shape index (κ1) is 17.5. The molecule has 0 radical (unpaired) electrons. The van der Waals surface area contributed by atoms with Crippen molar-refractivity contribution in [3.8, 4) is 6.07 Å². The standard InChI is InChI=1S/C19H16N2O2S2/c1-12-16(19(22)23-10-13-5-3-2-4-6-13)17(14-7-8-25-11-14)15(9-20)18(24)21-12/h2-8,11,16-17,24H,10H2,1H3/t16?,17-/m1/s1. The molecule has 0 saturated carbocycles. The Morgan fingerprint density at radius 2 is 2.12 bits per heavy atom. The minimum absolute atomic E-state index is 0.194. The number of nitriles is 1. The molecule has 1 aromatic heterocycles. The Bertz CT molecular complexity index is 865. The summed E-state index contributed by atoms with van der Waals surface area (Å²) in [5.74, 6) is -1.41. The van der Waals surface area contributed by atoms with E-state index in [0.717, 1.165) is 11.1 Å². The van der Waals surface area contributed by atoms with Gasteiger partial charge >= 0.3 is 5.97 Å². The highest BCUT2D eigenvalue weighted by atomic mass is 32.1. The van der Waals surface area contributed by atoms with Gasteiger partial charge in [0.05, 0.1) is 11.6 Å². The number of carbonyl (C=O) groups excluding carboxylic acids is 1. The normalized spacial score (nSPS) is 20.0. The number of aliphatic imine (C=N–C) groups is 1. The summed E-state index contributed by atoms with van der Waals surface area (Å²) in [4.78, 5) is 17.1. The number of benzene rings is 1. The molecule has 0 fully saturated rings. The number of allylic oxidation sites excluding steroid dienone is 1. The second-order valence-electron chi connectivity index (χ2n) is 5.71. The molecule has 2 atom stereocenters. The Morgan fingerprint density at radius 3 is 2.76 bits per heavy atom. The maximum Gasteiger partial charge on any atom is 0.316 e. The van der Waals surface area contributed by atoms with Crippen LogP contribution in [0, 0.1) is 17.2 Å². The van der Waals surface area contributed by atoms with Crippen LogP contribution < -0.4 is 0 Å². The van der Waals surface area contributed by atoms with Crippen LogP contribution in [0.1, 0.15) is 24.0 Å². The molecule has 0 spiro atoms. The molecule has 3 rings (SSSR count). The van der Waals surface area contributed by atoms with E-state index in [2.05, 4.69) is 23.7 Å². The summed E-state index contributed by atoms with van der Waals surface area (Å²) in [6, 6.07) is 13.6. The molecule has 0 N–H and O–H groups in total. The number of thiol groups is 1. The summed E-state index contributed by atoms with van der Waals surface area (Å²) in [6.07, 6.45) is 0. The van der Waals surface area contributed by atoms with Crippen LogP contribution in [0.2, 0.25) is 0 Å². The van der Waals surface area contributed by atoms with Gasteiger partial charge in [-0.3, -0.25) is 4.79 Å². The van der Waals surface area contributed by atoms with Gasteiger partial charge in [-0.25, -0.2) is 4.99 Å². The zero-order chi connectivity index (χ0) is 17.8. The average molecular weight is 368 g/mol. The van der Waals surface area contributed by atoms with Crippen LogP contribution >= 0.6 is 24.0 Å². The fourth-order valence-corrected chi connectivity index (χ4v) is 3.94. The summed E-state index contributed by atoms with van der Waals surface area (Å²) in [5, 5.41) is 13.8. The van der Waals surface area contributed by atoms with Gasteiger partial charge in [-0.2, -0.15) is 16.6 Å². The van der Waals surface area contributed by atoms with Crippen molar-refractivity contribution in [2.75, 3.05) is 0 Å². The zero-order valence-corrected chi connectivity index (χ0v) is 15.3. The van der Waals surface area contributed by atoms with E-state index < -0.39 is 11.8 Å². The van der Waals surface area contributed by atoms with E-state index in [0.29, 0.717) is 16.3 Å². The fourth-order valence-electron chi connectivity index (χ4n) is 2.90. The zero-order valence-electron chi connectivity index (χ0n) is 13.5. The predicted octanol–water partition coefficient (Wildman–Crippen LogP) is 4.33. The summed E-state index contributed by atoms with van der Waals surface area (Å²) in [5.41, 5.74) is 2.83. The van der Waals surface area contributed by atoms with Crippen molar-refractivity contribution in [1.82, 2.24) is 0 Å². The number of hydrogen-bond donors (Lipinski definition) is 1. The minimum Gasteiger partial charge on any atom is -0.460 e. The summed E-state index contributed by atoms with van der Waals surface area (Å²) in [7, 11) is 0. The molecule has 4 nitrogen and oxygen atoms in total. The smallest absolute Gasteiger partial charge is 0.316 e. The van der Waals surface area contributed by atoms with E-state index in [-0.39, 0.29) is 12.6 Å². The van der Waals surface area contributed by atoms with Gasteiger partial charge in [-0.05, 0) is 34.9 Å². The lowest BCUT2D eigenvalue weighted by Crippen LogP contribution is -2.33. The van der Waals surface area contributed by atoms with Crippen LogP contribution in [0.15, 0.2) is 62.8 Å². The molecule has 1 aliphatic heterocycles. The molecule has 6 heteroatoms. The number of rotatable bonds is 4. The van der Waals surface area contributed by atoms with Gasteiger partial charge in [0.25, 0.3) is 0 Å². The Labute approximate surface area is 155 Å². The molecule has 1 aromatic carbocycles. The predicted molar refractivity (Wildman–Crippen MR) is 102 cm³/mol. The van der Waals surface area contributed by atoms with E-state index in [4.69, 9.17) is 4.74 Å². The second-order valence-corrected chi connectivity index (χ2v) is 6.91. The van der Waals surface area contributed by atoms with E-state index in [1.807, 2.05) is 47.2 Å². The molecule has 25 heavy (non-hydrogen) atoms. The molecule has 1 aliphatic rings. The van der Waals surface area contributed by atoms with Crippen LogP contribution in [-0.4, -0.2) is 11.7 Å². The minimum atomic E-state index is -0.621. The van der Waals surface area contributed by atoms with E-state index in [1.54, 1.807) is 6.92 Å². The number of thiophene rings is 1. The highest BCUT2D eigenvalue weighted by Gasteiger charge is 2.40. The first-order chi connectivity index (χ1) is 12.1. The number of hydrogen-bond acceptors (Lipinski definition) is 6. The third kappa shape index (κ3) is 3.68. The number of carbonyl (C=O) groups is 1. The quantitative estimate of drug-likeness (QED) is 0.645. The lowest BCUT2D eigenvalue weighted by molar-refractivity contribution is -0.147. The molecule has 126 valence electrons. The van der Waals surface area contributed by atoms with Crippen molar-refractivity contribution >= 4 is 35.6 Å². The van der Waals surface area contributed by atoms with Crippen molar-refractivity contribution in [2.24, 2.45) is 10.9 Å². The lowest BCUT2D eigenvalue weighted by Gasteiger charge is -2.28. The Morgan fingerprint density at radius 1 is 1.36 bits per heavy atom. The maximum atomic E-state index is 12.8. The van der Waals surface area contributed by atoms with Gasteiger partial charge in [0.2, 0.25) is 0 Å². The molecule has 2 heterocycles. The Hall–Kier alpha value is -2.36. The van der Waals surface area contributed by atoms with Gasteiger partial charge < -0.3 is 4.74 Å². The van der Waals surface area contributed by atoms with Gasteiger partial charge in [0, 0.05) is 11.6 Å². The van der Waals surface area contributed by atoms with Crippen LogP contribution in [-0.2, 0) is 16.1 Å². The van der Waals surface area contributed by atoms with E-state index in [9.17, 15) is 10.1 Å². The summed E-state index contributed by atoms with van der Waals surface area (Å²) < 4.78 is 5.52. The van der Waals surface area contributed by atoms with Gasteiger partial charge in [0.1, 0.15) is 17.6 Å². The van der Waals surface area contributed by atoms with Gasteiger partial charge in [-0.15, -0.1) is 12.6 Å². The molecule has 1 unspecified atom stereocenters. The average Bonchev–Trinajstić information content (AvgIpc) is 3.14. The van der Waals surface area contributed by atoms with Crippen LogP contribution in [0.5, 0.6) is 0 Å². The van der Waals surface area contributed by atoms with Crippen molar-refractivity contribution in [3.63, 3.8) is 0 Å². The van der Waals surface area contributed by atoms with E-state index >= 15 is 0 Å². The van der Waals surface area contributed by atoms with Crippen molar-refractivity contribution in [3.05, 3.63) is 68.9 Å². The second kappa shape index (κ2) is 7.68. The topological polar surface area (TPSA) is 62.5 Å². The molecular formula is C19H16N2O2S2. The highest BCUT2D eigenvalue weighted by Crippen LogP contribution is 2.40. The van der Waals surface area contributed by atoms with Crippen LogP contribution in [0.4, 0.5) is 0 Å². The SMILES string of the molecule is CC1=NC(S)=C(C#N)[C@@H](c2ccsc2)C1C(=O)OCc1ccccc1. The monoisotopic (exact) mass is 368 g/mol. The first-order valence-corrected chi connectivity index (χ1v) is 9.12. The molecule has 2 aromatic rings. The number of ether oxygens (including phenoxy) is 1. The van der Waals surface area contributed by atoms with Crippen molar-refractivity contribution < 1.29 is 9.53 Å². The highest BCUT2D eigenvalue weighted by molar-refractivity contribution is 7.84. The van der Waals surface area contributed by atoms with Gasteiger partial charge in [-0.1, -0.05) is 30.3 Å². The molecule has 0 saturated heterocycles.